The van der Waals surface area contributed by atoms with Gasteiger partial charge in [-0.05, 0) is 30.9 Å². The highest BCUT2D eigenvalue weighted by Crippen LogP contribution is 2.26. The third-order valence-corrected chi connectivity index (χ3v) is 4.42. The van der Waals surface area contributed by atoms with Gasteiger partial charge >= 0.3 is 0 Å². The smallest absolute Gasteiger partial charge is 0.234 e. The predicted molar refractivity (Wildman–Crippen MR) is 90.2 cm³/mol. The van der Waals surface area contributed by atoms with Crippen LogP contribution in [0, 0.1) is 0 Å². The quantitative estimate of drug-likeness (QED) is 0.857. The number of imidazole rings is 1. The zero-order valence-corrected chi connectivity index (χ0v) is 13.4. The maximum Gasteiger partial charge on any atom is 0.234 e. The van der Waals surface area contributed by atoms with Crippen molar-refractivity contribution in [2.75, 3.05) is 26.2 Å². The number of nitrogens with one attached hydrogen (secondary N) is 2. The fraction of sp³-hybridized carbons (Fsp3) is 0.444. The zero-order chi connectivity index (χ0) is 15.9. The summed E-state index contributed by atoms with van der Waals surface area (Å²) in [4.78, 5) is 21.4. The molecule has 0 bridgehead atoms. The van der Waals surface area contributed by atoms with Crippen molar-refractivity contribution < 1.29 is 4.79 Å². The van der Waals surface area contributed by atoms with E-state index in [4.69, 9.17) is 0 Å². The van der Waals surface area contributed by atoms with Gasteiger partial charge in [0.1, 0.15) is 0 Å². The van der Waals surface area contributed by atoms with E-state index in [1.54, 1.807) is 12.5 Å². The zero-order valence-electron chi connectivity index (χ0n) is 13.4. The van der Waals surface area contributed by atoms with Crippen LogP contribution in [0.3, 0.4) is 0 Å². The third-order valence-electron chi connectivity index (χ3n) is 4.42. The molecule has 5 nitrogen and oxygen atoms in total. The first-order valence-electron chi connectivity index (χ1n) is 8.32. The average molecular weight is 312 g/mol. The Morgan fingerprint density at radius 1 is 1.35 bits per heavy atom. The van der Waals surface area contributed by atoms with E-state index >= 15 is 0 Å². The Morgan fingerprint density at radius 2 is 2.22 bits per heavy atom. The number of aromatic nitrogens is 2. The van der Waals surface area contributed by atoms with Crippen LogP contribution in [0.25, 0.3) is 0 Å². The number of carbonyl (C=O) groups excluding carboxylic acids is 1. The number of benzene rings is 1. The molecule has 0 radical (unpaired) electrons. The van der Waals surface area contributed by atoms with Gasteiger partial charge in [-0.25, -0.2) is 4.98 Å². The van der Waals surface area contributed by atoms with E-state index in [0.29, 0.717) is 19.0 Å². The van der Waals surface area contributed by atoms with E-state index in [1.165, 1.54) is 12.0 Å². The molecule has 0 saturated carbocycles. The minimum Gasteiger partial charge on any atom is -0.355 e. The van der Waals surface area contributed by atoms with Crippen molar-refractivity contribution in [3.05, 3.63) is 54.1 Å². The first-order chi connectivity index (χ1) is 11.3. The number of aromatic amines is 1. The molecule has 3 rings (SSSR count). The van der Waals surface area contributed by atoms with Gasteiger partial charge in [-0.15, -0.1) is 0 Å². The standard InChI is InChI=1S/C18H24N4O/c23-18(20-9-8-17-11-19-14-21-17)13-22-10-4-7-16(12-22)15-5-2-1-3-6-15/h1-3,5-6,11,14,16H,4,7-10,12-13H2,(H,19,21)(H,20,23). The van der Waals surface area contributed by atoms with Crippen molar-refractivity contribution >= 4 is 5.91 Å². The highest BCUT2D eigenvalue weighted by atomic mass is 16.2. The Bertz CT molecular complexity index is 597. The van der Waals surface area contributed by atoms with Crippen LogP contribution in [0.1, 0.15) is 30.0 Å². The Kier molecular flexibility index (Phi) is 5.42. The second kappa shape index (κ2) is 7.92. The van der Waals surface area contributed by atoms with Crippen molar-refractivity contribution in [3.63, 3.8) is 0 Å². The summed E-state index contributed by atoms with van der Waals surface area (Å²) in [5.74, 6) is 0.654. The van der Waals surface area contributed by atoms with Crippen LogP contribution in [0.2, 0.25) is 0 Å². The Hall–Kier alpha value is -2.14. The molecule has 122 valence electrons. The molecule has 2 heterocycles. The van der Waals surface area contributed by atoms with Crippen LogP contribution in [0.5, 0.6) is 0 Å². The van der Waals surface area contributed by atoms with Crippen molar-refractivity contribution in [1.82, 2.24) is 20.2 Å². The van der Waals surface area contributed by atoms with Gasteiger partial charge in [-0.3, -0.25) is 9.69 Å². The molecule has 1 fully saturated rings. The Morgan fingerprint density at radius 3 is 3.00 bits per heavy atom. The maximum atomic E-state index is 12.1. The third kappa shape index (κ3) is 4.66. The van der Waals surface area contributed by atoms with Gasteiger partial charge in [0, 0.05) is 31.4 Å². The van der Waals surface area contributed by atoms with Gasteiger partial charge in [-0.1, -0.05) is 30.3 Å². The molecule has 1 saturated heterocycles. The van der Waals surface area contributed by atoms with Crippen LogP contribution in [0.15, 0.2) is 42.9 Å². The van der Waals surface area contributed by atoms with Gasteiger partial charge in [0.25, 0.3) is 0 Å². The summed E-state index contributed by atoms with van der Waals surface area (Å²) in [5.41, 5.74) is 2.43. The summed E-state index contributed by atoms with van der Waals surface area (Å²) >= 11 is 0. The van der Waals surface area contributed by atoms with Crippen LogP contribution >= 0.6 is 0 Å². The minimum absolute atomic E-state index is 0.109. The van der Waals surface area contributed by atoms with Crippen LogP contribution in [-0.4, -0.2) is 47.0 Å². The molecule has 23 heavy (non-hydrogen) atoms. The molecule has 1 aliphatic heterocycles. The predicted octanol–water partition coefficient (Wildman–Crippen LogP) is 1.95. The lowest BCUT2D eigenvalue weighted by molar-refractivity contribution is -0.122. The summed E-state index contributed by atoms with van der Waals surface area (Å²) in [6, 6.07) is 10.6. The lowest BCUT2D eigenvalue weighted by Gasteiger charge is -2.32. The number of piperidine rings is 1. The number of hydrogen-bond donors (Lipinski definition) is 2. The molecule has 0 spiro atoms. The van der Waals surface area contributed by atoms with Crippen molar-refractivity contribution in [2.45, 2.75) is 25.2 Å². The van der Waals surface area contributed by atoms with Crippen molar-refractivity contribution in [3.8, 4) is 0 Å². The van der Waals surface area contributed by atoms with Crippen molar-refractivity contribution in [2.24, 2.45) is 0 Å². The van der Waals surface area contributed by atoms with Gasteiger partial charge in [0.15, 0.2) is 0 Å². The summed E-state index contributed by atoms with van der Waals surface area (Å²) in [6.45, 7) is 3.12. The summed E-state index contributed by atoms with van der Waals surface area (Å²) in [7, 11) is 0. The molecule has 1 atom stereocenters. The SMILES string of the molecule is O=C(CN1CCCC(c2ccccc2)C1)NCCc1cnc[nH]1. The normalized spacial score (nSPS) is 18.7. The topological polar surface area (TPSA) is 61.0 Å². The first kappa shape index (κ1) is 15.7. The van der Waals surface area contributed by atoms with E-state index in [9.17, 15) is 4.79 Å². The van der Waals surface area contributed by atoms with Crippen LogP contribution in [-0.2, 0) is 11.2 Å². The first-order valence-corrected chi connectivity index (χ1v) is 8.32. The number of rotatable bonds is 6. The second-order valence-electron chi connectivity index (χ2n) is 6.16. The Balaban J connectivity index is 1.43. The van der Waals surface area contributed by atoms with E-state index in [-0.39, 0.29) is 5.91 Å². The monoisotopic (exact) mass is 312 g/mol. The number of likely N-dealkylation sites (tertiary alicyclic amines) is 1. The molecular weight excluding hydrogens is 288 g/mol. The largest absolute Gasteiger partial charge is 0.355 e. The summed E-state index contributed by atoms with van der Waals surface area (Å²) < 4.78 is 0. The highest BCUT2D eigenvalue weighted by molar-refractivity contribution is 5.78. The summed E-state index contributed by atoms with van der Waals surface area (Å²) in [5, 5.41) is 2.99. The molecule has 1 aromatic carbocycles. The molecular formula is C18H24N4O. The lowest BCUT2D eigenvalue weighted by Crippen LogP contribution is -2.42. The van der Waals surface area contributed by atoms with Gasteiger partial charge in [0.05, 0.1) is 12.9 Å². The molecule has 2 aromatic rings. The second-order valence-corrected chi connectivity index (χ2v) is 6.16. The van der Waals surface area contributed by atoms with Crippen LogP contribution < -0.4 is 5.32 Å². The van der Waals surface area contributed by atoms with Gasteiger partial charge in [-0.2, -0.15) is 0 Å². The van der Waals surface area contributed by atoms with E-state index < -0.39 is 0 Å². The van der Waals surface area contributed by atoms with Crippen molar-refractivity contribution in [1.29, 1.82) is 0 Å². The molecule has 5 heteroatoms. The number of amides is 1. The summed E-state index contributed by atoms with van der Waals surface area (Å²) in [6.07, 6.45) is 6.61. The lowest BCUT2D eigenvalue weighted by atomic mass is 9.91. The molecule has 1 aromatic heterocycles. The number of nitrogens with zero attached hydrogens (tertiary/aromatic N) is 2. The molecule has 2 N–H and O–H groups in total. The molecule has 1 aliphatic rings. The number of H-pyrrole nitrogens is 1. The van der Waals surface area contributed by atoms with E-state index in [2.05, 4.69) is 50.5 Å². The number of carbonyl (C=O) groups is 1. The van der Waals surface area contributed by atoms with E-state index in [0.717, 1.165) is 31.6 Å². The fourth-order valence-electron chi connectivity index (χ4n) is 3.21. The van der Waals surface area contributed by atoms with E-state index in [1.807, 2.05) is 0 Å². The highest BCUT2D eigenvalue weighted by Gasteiger charge is 2.22. The molecule has 1 unspecified atom stereocenters. The fourth-order valence-corrected chi connectivity index (χ4v) is 3.21. The van der Waals surface area contributed by atoms with Gasteiger partial charge < -0.3 is 10.3 Å². The van der Waals surface area contributed by atoms with Gasteiger partial charge in [0.2, 0.25) is 5.91 Å². The van der Waals surface area contributed by atoms with Crippen LogP contribution in [0.4, 0.5) is 0 Å². The average Bonchev–Trinajstić information content (AvgIpc) is 3.09. The number of hydrogen-bond acceptors (Lipinski definition) is 3. The Labute approximate surface area is 137 Å². The minimum atomic E-state index is 0.109. The maximum absolute atomic E-state index is 12.1. The molecule has 1 amide bonds. The molecule has 0 aliphatic carbocycles.